The molecule has 17 heavy (non-hydrogen) atoms. The Morgan fingerprint density at radius 2 is 2.06 bits per heavy atom. The first-order valence-corrected chi connectivity index (χ1v) is 6.26. The average Bonchev–Trinajstić information content (AvgIpc) is 2.40. The van der Waals surface area contributed by atoms with Gasteiger partial charge in [-0.3, -0.25) is 0 Å². The third kappa shape index (κ3) is 5.04. The fourth-order valence-corrected chi connectivity index (χ4v) is 1.66. The molecule has 0 fully saturated rings. The van der Waals surface area contributed by atoms with Crippen molar-refractivity contribution in [2.75, 3.05) is 38.6 Å². The molecule has 0 saturated carbocycles. The van der Waals surface area contributed by atoms with Crippen molar-refractivity contribution in [3.05, 3.63) is 18.3 Å². The summed E-state index contributed by atoms with van der Waals surface area (Å²) in [7, 11) is 1.65. The lowest BCUT2D eigenvalue weighted by Gasteiger charge is -2.17. The van der Waals surface area contributed by atoms with E-state index >= 15 is 0 Å². The highest BCUT2D eigenvalue weighted by Gasteiger charge is 1.98. The van der Waals surface area contributed by atoms with E-state index in [9.17, 15) is 0 Å². The Morgan fingerprint density at radius 1 is 1.29 bits per heavy atom. The van der Waals surface area contributed by atoms with Crippen molar-refractivity contribution in [2.24, 2.45) is 0 Å². The number of pyridine rings is 1. The van der Waals surface area contributed by atoms with Gasteiger partial charge in [-0.2, -0.15) is 0 Å². The minimum absolute atomic E-state index is 0.790. The number of ether oxygens (including phenoxy) is 1. The zero-order valence-electron chi connectivity index (χ0n) is 11.1. The maximum atomic E-state index is 5.06. The molecule has 0 aliphatic rings. The van der Waals surface area contributed by atoms with Crippen LogP contribution in [0.15, 0.2) is 18.3 Å². The first-order chi connectivity index (χ1) is 8.30. The Hall–Kier alpha value is -1.29. The van der Waals surface area contributed by atoms with E-state index in [1.165, 1.54) is 0 Å². The van der Waals surface area contributed by atoms with Gasteiger partial charge in [-0.05, 0) is 38.2 Å². The van der Waals surface area contributed by atoms with Gasteiger partial charge in [-0.15, -0.1) is 0 Å². The third-order valence-electron chi connectivity index (χ3n) is 2.82. The van der Waals surface area contributed by atoms with Crippen LogP contribution in [0.2, 0.25) is 0 Å². The summed E-state index contributed by atoms with van der Waals surface area (Å²) in [6, 6.07) is 3.86. The smallest absolute Gasteiger partial charge is 0.137 e. The summed E-state index contributed by atoms with van der Waals surface area (Å²) in [6.45, 7) is 8.73. The molecule has 1 rings (SSSR count). The SMILES string of the molecule is CCN(CC)CCCNc1ccc(OC)cn1. The van der Waals surface area contributed by atoms with E-state index in [2.05, 4.69) is 29.0 Å². The standard InChI is InChI=1S/C13H23N3O/c1-4-16(5-2)10-6-9-14-13-8-7-12(17-3)11-15-13/h7-8,11H,4-6,9-10H2,1-3H3,(H,14,15). The highest BCUT2D eigenvalue weighted by molar-refractivity contribution is 5.37. The molecule has 1 heterocycles. The Labute approximate surface area is 104 Å². The largest absolute Gasteiger partial charge is 0.495 e. The van der Waals surface area contributed by atoms with Gasteiger partial charge < -0.3 is 15.0 Å². The quantitative estimate of drug-likeness (QED) is 0.704. The predicted molar refractivity (Wildman–Crippen MR) is 71.7 cm³/mol. The molecule has 0 bridgehead atoms. The minimum atomic E-state index is 0.790. The third-order valence-corrected chi connectivity index (χ3v) is 2.82. The van der Waals surface area contributed by atoms with Crippen LogP contribution in [-0.4, -0.2) is 43.2 Å². The maximum absolute atomic E-state index is 5.06. The van der Waals surface area contributed by atoms with Gasteiger partial charge in [0.2, 0.25) is 0 Å². The number of hydrogen-bond donors (Lipinski definition) is 1. The molecule has 1 N–H and O–H groups in total. The first-order valence-electron chi connectivity index (χ1n) is 6.26. The number of methoxy groups -OCH3 is 1. The number of rotatable bonds is 8. The van der Waals surface area contributed by atoms with Gasteiger partial charge in [0.15, 0.2) is 0 Å². The van der Waals surface area contributed by atoms with E-state index in [4.69, 9.17) is 4.74 Å². The highest BCUT2D eigenvalue weighted by Crippen LogP contribution is 2.10. The number of anilines is 1. The summed E-state index contributed by atoms with van der Waals surface area (Å²) in [4.78, 5) is 6.68. The van der Waals surface area contributed by atoms with Crippen LogP contribution < -0.4 is 10.1 Å². The lowest BCUT2D eigenvalue weighted by molar-refractivity contribution is 0.303. The van der Waals surface area contributed by atoms with E-state index < -0.39 is 0 Å². The molecule has 0 unspecified atom stereocenters. The molecule has 1 aromatic rings. The van der Waals surface area contributed by atoms with Gasteiger partial charge in [-0.25, -0.2) is 4.98 Å². The van der Waals surface area contributed by atoms with Crippen molar-refractivity contribution in [3.63, 3.8) is 0 Å². The van der Waals surface area contributed by atoms with E-state index in [-0.39, 0.29) is 0 Å². The summed E-state index contributed by atoms with van der Waals surface area (Å²) >= 11 is 0. The van der Waals surface area contributed by atoms with Crippen LogP contribution in [0.4, 0.5) is 5.82 Å². The number of nitrogens with zero attached hydrogens (tertiary/aromatic N) is 2. The van der Waals surface area contributed by atoms with E-state index in [1.54, 1.807) is 13.3 Å². The van der Waals surface area contributed by atoms with Crippen LogP contribution in [0, 0.1) is 0 Å². The van der Waals surface area contributed by atoms with Crippen molar-refractivity contribution in [2.45, 2.75) is 20.3 Å². The van der Waals surface area contributed by atoms with Gasteiger partial charge in [0.1, 0.15) is 11.6 Å². The van der Waals surface area contributed by atoms with Crippen LogP contribution in [-0.2, 0) is 0 Å². The lowest BCUT2D eigenvalue weighted by Crippen LogP contribution is -2.25. The van der Waals surface area contributed by atoms with Gasteiger partial charge >= 0.3 is 0 Å². The van der Waals surface area contributed by atoms with E-state index in [1.807, 2.05) is 12.1 Å². The van der Waals surface area contributed by atoms with Crippen LogP contribution in [0.1, 0.15) is 20.3 Å². The molecule has 0 spiro atoms. The molecule has 0 radical (unpaired) electrons. The van der Waals surface area contributed by atoms with Gasteiger partial charge in [0.05, 0.1) is 13.3 Å². The molecule has 4 nitrogen and oxygen atoms in total. The topological polar surface area (TPSA) is 37.4 Å². The Kier molecular flexibility index (Phi) is 6.40. The van der Waals surface area contributed by atoms with Crippen LogP contribution in [0.3, 0.4) is 0 Å². The molecule has 0 amide bonds. The van der Waals surface area contributed by atoms with Gasteiger partial charge in [0, 0.05) is 6.54 Å². The molecule has 0 atom stereocenters. The first kappa shape index (κ1) is 13.8. The predicted octanol–water partition coefficient (Wildman–Crippen LogP) is 2.23. The average molecular weight is 237 g/mol. The Morgan fingerprint density at radius 3 is 2.59 bits per heavy atom. The lowest BCUT2D eigenvalue weighted by atomic mass is 10.3. The van der Waals surface area contributed by atoms with Gasteiger partial charge in [-0.1, -0.05) is 13.8 Å². The van der Waals surface area contributed by atoms with Crippen molar-refractivity contribution >= 4 is 5.82 Å². The minimum Gasteiger partial charge on any atom is -0.495 e. The molecule has 0 saturated heterocycles. The highest BCUT2D eigenvalue weighted by atomic mass is 16.5. The zero-order chi connectivity index (χ0) is 12.5. The second kappa shape index (κ2) is 7.90. The number of nitrogens with one attached hydrogen (secondary N) is 1. The second-order valence-corrected chi connectivity index (χ2v) is 3.89. The fraction of sp³-hybridized carbons (Fsp3) is 0.615. The summed E-state index contributed by atoms with van der Waals surface area (Å²) < 4.78 is 5.06. The van der Waals surface area contributed by atoms with Crippen molar-refractivity contribution in [3.8, 4) is 5.75 Å². The summed E-state index contributed by atoms with van der Waals surface area (Å²) in [5.41, 5.74) is 0. The van der Waals surface area contributed by atoms with Crippen molar-refractivity contribution in [1.82, 2.24) is 9.88 Å². The number of hydrogen-bond acceptors (Lipinski definition) is 4. The van der Waals surface area contributed by atoms with Crippen molar-refractivity contribution < 1.29 is 4.74 Å². The summed E-state index contributed by atoms with van der Waals surface area (Å²) in [6.07, 6.45) is 2.86. The van der Waals surface area contributed by atoms with E-state index in [0.29, 0.717) is 0 Å². The molecular formula is C13H23N3O. The number of aromatic nitrogens is 1. The van der Waals surface area contributed by atoms with Crippen LogP contribution in [0.25, 0.3) is 0 Å². The molecule has 4 heteroatoms. The summed E-state index contributed by atoms with van der Waals surface area (Å²) in [5, 5.41) is 3.31. The van der Waals surface area contributed by atoms with Crippen LogP contribution in [0.5, 0.6) is 5.75 Å². The summed E-state index contributed by atoms with van der Waals surface area (Å²) in [5.74, 6) is 1.70. The monoisotopic (exact) mass is 237 g/mol. The fourth-order valence-electron chi connectivity index (χ4n) is 1.66. The molecule has 0 aliphatic carbocycles. The molecule has 0 aliphatic heterocycles. The van der Waals surface area contributed by atoms with E-state index in [0.717, 1.165) is 44.2 Å². The van der Waals surface area contributed by atoms with Crippen LogP contribution >= 0.6 is 0 Å². The molecule has 0 aromatic carbocycles. The molecular weight excluding hydrogens is 214 g/mol. The maximum Gasteiger partial charge on any atom is 0.137 e. The second-order valence-electron chi connectivity index (χ2n) is 3.89. The molecule has 1 aromatic heterocycles. The molecule has 96 valence electrons. The Balaban J connectivity index is 2.21. The normalized spacial score (nSPS) is 10.6. The van der Waals surface area contributed by atoms with Gasteiger partial charge in [0.25, 0.3) is 0 Å². The zero-order valence-corrected chi connectivity index (χ0v) is 11.1. The van der Waals surface area contributed by atoms with Crippen molar-refractivity contribution in [1.29, 1.82) is 0 Å². The Bertz CT molecular complexity index is 296.